The highest BCUT2D eigenvalue weighted by molar-refractivity contribution is 5.36. The van der Waals surface area contributed by atoms with Crippen LogP contribution in [-0.4, -0.2) is 40.5 Å². The van der Waals surface area contributed by atoms with Gasteiger partial charge in [-0.3, -0.25) is 0 Å². The molecule has 19 heavy (non-hydrogen) atoms. The lowest BCUT2D eigenvalue weighted by molar-refractivity contribution is 0.316. The summed E-state index contributed by atoms with van der Waals surface area (Å²) in [6.45, 7) is 7.70. The number of anilines is 1. The van der Waals surface area contributed by atoms with Crippen LogP contribution in [0.3, 0.4) is 0 Å². The van der Waals surface area contributed by atoms with Crippen molar-refractivity contribution in [3.05, 3.63) is 17.6 Å². The van der Waals surface area contributed by atoms with Gasteiger partial charge in [0.05, 0.1) is 0 Å². The van der Waals surface area contributed by atoms with Gasteiger partial charge >= 0.3 is 0 Å². The number of rotatable bonds is 5. The SMILES string of the molecule is CCc1cc(NCC2CCN(C3CC3)C2)nc(C)n1. The number of likely N-dealkylation sites (tertiary alicyclic amines) is 1. The number of hydrogen-bond donors (Lipinski definition) is 1. The van der Waals surface area contributed by atoms with Crippen LogP contribution in [0.2, 0.25) is 0 Å². The van der Waals surface area contributed by atoms with Crippen molar-refractivity contribution in [2.24, 2.45) is 5.92 Å². The van der Waals surface area contributed by atoms with E-state index in [-0.39, 0.29) is 0 Å². The molecule has 4 heteroatoms. The topological polar surface area (TPSA) is 41.0 Å². The molecular weight excluding hydrogens is 236 g/mol. The van der Waals surface area contributed by atoms with Gasteiger partial charge in [-0.1, -0.05) is 6.92 Å². The molecule has 1 atom stereocenters. The van der Waals surface area contributed by atoms with Gasteiger partial charge in [-0.25, -0.2) is 9.97 Å². The summed E-state index contributed by atoms with van der Waals surface area (Å²) in [6, 6.07) is 3.00. The van der Waals surface area contributed by atoms with Gasteiger partial charge in [-0.05, 0) is 45.1 Å². The quantitative estimate of drug-likeness (QED) is 0.881. The van der Waals surface area contributed by atoms with E-state index < -0.39 is 0 Å². The first-order valence-electron chi connectivity index (χ1n) is 7.57. The summed E-state index contributed by atoms with van der Waals surface area (Å²) in [5.74, 6) is 2.64. The molecule has 4 nitrogen and oxygen atoms in total. The predicted molar refractivity (Wildman–Crippen MR) is 77.3 cm³/mol. The van der Waals surface area contributed by atoms with Gasteiger partial charge < -0.3 is 10.2 Å². The number of hydrogen-bond acceptors (Lipinski definition) is 4. The molecule has 1 aliphatic carbocycles. The highest BCUT2D eigenvalue weighted by Gasteiger charge is 2.34. The van der Waals surface area contributed by atoms with Gasteiger partial charge in [-0.15, -0.1) is 0 Å². The van der Waals surface area contributed by atoms with Crippen molar-refractivity contribution in [2.75, 3.05) is 25.0 Å². The highest BCUT2D eigenvalue weighted by atomic mass is 15.2. The molecule has 1 aromatic heterocycles. The molecule has 0 aromatic carbocycles. The van der Waals surface area contributed by atoms with Crippen molar-refractivity contribution >= 4 is 5.82 Å². The zero-order valence-electron chi connectivity index (χ0n) is 12.0. The monoisotopic (exact) mass is 260 g/mol. The fraction of sp³-hybridized carbons (Fsp3) is 0.733. The summed E-state index contributed by atoms with van der Waals surface area (Å²) >= 11 is 0. The first kappa shape index (κ1) is 12.9. The normalized spacial score (nSPS) is 23.8. The Balaban J connectivity index is 1.53. The molecule has 1 aromatic rings. The third-order valence-electron chi connectivity index (χ3n) is 4.21. The standard InChI is InChI=1S/C15H24N4/c1-3-13-8-15(18-11(2)17-13)16-9-12-6-7-19(10-12)14-4-5-14/h8,12,14H,3-7,9-10H2,1-2H3,(H,16,17,18). The Morgan fingerprint density at radius 2 is 2.16 bits per heavy atom. The molecule has 1 unspecified atom stereocenters. The van der Waals surface area contributed by atoms with Crippen LogP contribution in [0.1, 0.15) is 37.7 Å². The molecule has 3 rings (SSSR count). The molecule has 0 bridgehead atoms. The van der Waals surface area contributed by atoms with E-state index in [1.54, 1.807) is 0 Å². The van der Waals surface area contributed by atoms with E-state index in [1.165, 1.54) is 32.4 Å². The second kappa shape index (κ2) is 5.45. The van der Waals surface area contributed by atoms with Crippen molar-refractivity contribution in [2.45, 2.75) is 45.6 Å². The number of nitrogens with zero attached hydrogens (tertiary/aromatic N) is 3. The van der Waals surface area contributed by atoms with Crippen molar-refractivity contribution in [3.63, 3.8) is 0 Å². The molecule has 0 amide bonds. The fourth-order valence-corrected chi connectivity index (χ4v) is 2.95. The molecule has 0 spiro atoms. The van der Waals surface area contributed by atoms with Crippen LogP contribution in [0, 0.1) is 12.8 Å². The first-order chi connectivity index (χ1) is 9.24. The Morgan fingerprint density at radius 1 is 1.32 bits per heavy atom. The summed E-state index contributed by atoms with van der Waals surface area (Å²) in [5.41, 5.74) is 1.13. The Kier molecular flexibility index (Phi) is 3.69. The van der Waals surface area contributed by atoms with Crippen LogP contribution in [0.5, 0.6) is 0 Å². The fourth-order valence-electron chi connectivity index (χ4n) is 2.95. The van der Waals surface area contributed by atoms with E-state index in [4.69, 9.17) is 0 Å². The molecule has 1 N–H and O–H groups in total. The molecule has 1 aliphatic heterocycles. The zero-order valence-corrected chi connectivity index (χ0v) is 12.0. The Hall–Kier alpha value is -1.16. The molecule has 1 saturated carbocycles. The van der Waals surface area contributed by atoms with Crippen LogP contribution >= 0.6 is 0 Å². The number of aromatic nitrogens is 2. The van der Waals surface area contributed by atoms with Gasteiger partial charge in [0.15, 0.2) is 0 Å². The van der Waals surface area contributed by atoms with Crippen molar-refractivity contribution in [3.8, 4) is 0 Å². The summed E-state index contributed by atoms with van der Waals surface area (Å²) in [6.07, 6.45) is 5.14. The second-order valence-corrected chi connectivity index (χ2v) is 5.91. The minimum atomic E-state index is 0.779. The maximum atomic E-state index is 4.47. The van der Waals surface area contributed by atoms with Crippen LogP contribution in [0.25, 0.3) is 0 Å². The van der Waals surface area contributed by atoms with E-state index in [2.05, 4.69) is 33.2 Å². The second-order valence-electron chi connectivity index (χ2n) is 5.91. The molecule has 1 saturated heterocycles. The van der Waals surface area contributed by atoms with Crippen LogP contribution in [0.4, 0.5) is 5.82 Å². The maximum absolute atomic E-state index is 4.47. The summed E-state index contributed by atoms with van der Waals surface area (Å²) in [4.78, 5) is 11.6. The van der Waals surface area contributed by atoms with E-state index in [1.807, 2.05) is 6.92 Å². The van der Waals surface area contributed by atoms with E-state index in [0.717, 1.165) is 42.3 Å². The summed E-state index contributed by atoms with van der Waals surface area (Å²) in [5, 5.41) is 3.50. The lowest BCUT2D eigenvalue weighted by Gasteiger charge is -2.15. The third kappa shape index (κ3) is 3.24. The van der Waals surface area contributed by atoms with Crippen LogP contribution in [-0.2, 0) is 6.42 Å². The molecule has 2 fully saturated rings. The Labute approximate surface area is 115 Å². The zero-order chi connectivity index (χ0) is 13.2. The van der Waals surface area contributed by atoms with Crippen LogP contribution < -0.4 is 5.32 Å². The predicted octanol–water partition coefficient (Wildman–Crippen LogP) is 2.24. The number of aryl methyl sites for hydroxylation is 2. The molecule has 2 aliphatic rings. The summed E-state index contributed by atoms with van der Waals surface area (Å²) in [7, 11) is 0. The van der Waals surface area contributed by atoms with E-state index in [0.29, 0.717) is 0 Å². The highest BCUT2D eigenvalue weighted by Crippen LogP contribution is 2.31. The van der Waals surface area contributed by atoms with Crippen molar-refractivity contribution < 1.29 is 0 Å². The average molecular weight is 260 g/mol. The lowest BCUT2D eigenvalue weighted by atomic mass is 10.1. The van der Waals surface area contributed by atoms with E-state index in [9.17, 15) is 0 Å². The first-order valence-corrected chi connectivity index (χ1v) is 7.57. The number of nitrogens with one attached hydrogen (secondary N) is 1. The third-order valence-corrected chi connectivity index (χ3v) is 4.21. The van der Waals surface area contributed by atoms with Gasteiger partial charge in [0, 0.05) is 30.9 Å². The Morgan fingerprint density at radius 3 is 2.89 bits per heavy atom. The van der Waals surface area contributed by atoms with Gasteiger partial charge in [0.25, 0.3) is 0 Å². The molecule has 104 valence electrons. The van der Waals surface area contributed by atoms with Gasteiger partial charge in [0.1, 0.15) is 11.6 Å². The summed E-state index contributed by atoms with van der Waals surface area (Å²) < 4.78 is 0. The Bertz CT molecular complexity index is 442. The van der Waals surface area contributed by atoms with Gasteiger partial charge in [-0.2, -0.15) is 0 Å². The average Bonchev–Trinajstić information content (AvgIpc) is 3.15. The molecule has 0 radical (unpaired) electrons. The molecule has 2 heterocycles. The lowest BCUT2D eigenvalue weighted by Crippen LogP contribution is -2.25. The minimum absolute atomic E-state index is 0.779. The van der Waals surface area contributed by atoms with Crippen LogP contribution in [0.15, 0.2) is 6.07 Å². The largest absolute Gasteiger partial charge is 0.370 e. The van der Waals surface area contributed by atoms with Crippen molar-refractivity contribution in [1.82, 2.24) is 14.9 Å². The van der Waals surface area contributed by atoms with E-state index >= 15 is 0 Å². The molecular formula is C15H24N4. The van der Waals surface area contributed by atoms with Crippen molar-refractivity contribution in [1.29, 1.82) is 0 Å². The minimum Gasteiger partial charge on any atom is -0.370 e. The maximum Gasteiger partial charge on any atom is 0.129 e. The van der Waals surface area contributed by atoms with Gasteiger partial charge in [0.2, 0.25) is 0 Å². The smallest absolute Gasteiger partial charge is 0.129 e.